The number of rotatable bonds is 5. The van der Waals surface area contributed by atoms with Crippen LogP contribution in [0.1, 0.15) is 24.8 Å². The minimum atomic E-state index is -0.317. The molecule has 8 heteroatoms. The minimum absolute atomic E-state index is 0. The normalized spacial score (nSPS) is 16.0. The quantitative estimate of drug-likeness (QED) is 0.802. The molecule has 1 fully saturated rings. The Labute approximate surface area is 164 Å². The number of carbonyl (C=O) groups is 1. The number of pyridine rings is 1. The molecule has 142 valence electrons. The molecule has 1 aliphatic heterocycles. The highest BCUT2D eigenvalue weighted by Gasteiger charge is 2.19. The molecule has 2 aromatic rings. The van der Waals surface area contributed by atoms with Crippen LogP contribution >= 0.6 is 24.8 Å². The second-order valence-corrected chi connectivity index (χ2v) is 5.78. The Morgan fingerprint density at radius 1 is 1.23 bits per heavy atom. The Balaban J connectivity index is 0.00000169. The zero-order chi connectivity index (χ0) is 16.8. The third kappa shape index (κ3) is 6.44. The predicted molar refractivity (Wildman–Crippen MR) is 103 cm³/mol. The summed E-state index contributed by atoms with van der Waals surface area (Å²) in [6.07, 6.45) is 4.70. The van der Waals surface area contributed by atoms with E-state index in [1.807, 2.05) is 6.07 Å². The Kier molecular flexibility index (Phi) is 9.34. The minimum Gasteiger partial charge on any atom is -0.439 e. The van der Waals surface area contributed by atoms with Gasteiger partial charge in [-0.25, -0.2) is 9.37 Å². The lowest BCUT2D eigenvalue weighted by Crippen LogP contribution is -2.46. The van der Waals surface area contributed by atoms with Gasteiger partial charge in [-0.3, -0.25) is 4.79 Å². The summed E-state index contributed by atoms with van der Waals surface area (Å²) in [6.45, 7) is 1.31. The Hall–Kier alpha value is -1.89. The molecule has 2 heterocycles. The lowest BCUT2D eigenvalue weighted by molar-refractivity contribution is -0.123. The van der Waals surface area contributed by atoms with Crippen LogP contribution in [0.3, 0.4) is 0 Å². The van der Waals surface area contributed by atoms with E-state index < -0.39 is 0 Å². The van der Waals surface area contributed by atoms with Crippen LogP contribution in [0, 0.1) is 5.82 Å². The van der Waals surface area contributed by atoms with Gasteiger partial charge >= 0.3 is 0 Å². The molecule has 5 nitrogen and oxygen atoms in total. The van der Waals surface area contributed by atoms with Gasteiger partial charge in [-0.15, -0.1) is 24.8 Å². The average Bonchev–Trinajstić information content (AvgIpc) is 2.63. The molecule has 3 rings (SSSR count). The van der Waals surface area contributed by atoms with Crippen molar-refractivity contribution in [2.75, 3.05) is 6.54 Å². The van der Waals surface area contributed by atoms with Crippen molar-refractivity contribution in [1.82, 2.24) is 15.6 Å². The van der Waals surface area contributed by atoms with Crippen molar-refractivity contribution in [1.29, 1.82) is 0 Å². The predicted octanol–water partition coefficient (Wildman–Crippen LogP) is 3.61. The molecule has 1 aromatic heterocycles. The molecule has 0 bridgehead atoms. The van der Waals surface area contributed by atoms with Gasteiger partial charge in [0.1, 0.15) is 11.6 Å². The standard InChI is InChI=1S/C18H20FN3O2.2ClH/c19-14-4-6-15(7-5-14)24-17-11-13(8-10-21-17)12-22-18(23)16-3-1-2-9-20-16;;/h4-8,10-11,16,20H,1-3,9,12H2,(H,22,23);2*1H/t16-;;/m1../s1. The zero-order valence-electron chi connectivity index (χ0n) is 14.1. The first-order valence-electron chi connectivity index (χ1n) is 8.10. The van der Waals surface area contributed by atoms with Crippen molar-refractivity contribution in [2.45, 2.75) is 31.8 Å². The molecule has 0 unspecified atom stereocenters. The topological polar surface area (TPSA) is 63.2 Å². The number of piperidine rings is 1. The van der Waals surface area contributed by atoms with Gasteiger partial charge in [-0.2, -0.15) is 0 Å². The largest absolute Gasteiger partial charge is 0.439 e. The van der Waals surface area contributed by atoms with Gasteiger partial charge in [0.25, 0.3) is 0 Å². The first-order valence-corrected chi connectivity index (χ1v) is 8.10. The molecule has 1 aliphatic rings. The highest BCUT2D eigenvalue weighted by molar-refractivity contribution is 5.85. The monoisotopic (exact) mass is 401 g/mol. The first kappa shape index (κ1) is 22.2. The number of benzene rings is 1. The van der Waals surface area contributed by atoms with Crippen LogP contribution in [0.5, 0.6) is 11.6 Å². The summed E-state index contributed by atoms with van der Waals surface area (Å²) in [5, 5.41) is 6.16. The highest BCUT2D eigenvalue weighted by atomic mass is 35.5. The van der Waals surface area contributed by atoms with Gasteiger partial charge in [0.2, 0.25) is 11.8 Å². The molecule has 1 saturated heterocycles. The van der Waals surface area contributed by atoms with E-state index in [0.717, 1.165) is 31.4 Å². The number of nitrogens with one attached hydrogen (secondary N) is 2. The number of hydrogen-bond donors (Lipinski definition) is 2. The number of amides is 1. The van der Waals surface area contributed by atoms with Crippen molar-refractivity contribution in [3.8, 4) is 11.6 Å². The smallest absolute Gasteiger partial charge is 0.237 e. The maximum absolute atomic E-state index is 12.9. The van der Waals surface area contributed by atoms with Gasteiger partial charge < -0.3 is 15.4 Å². The Morgan fingerprint density at radius 3 is 2.69 bits per heavy atom. The van der Waals surface area contributed by atoms with E-state index in [2.05, 4.69) is 15.6 Å². The second-order valence-electron chi connectivity index (χ2n) is 5.78. The van der Waals surface area contributed by atoms with Crippen LogP contribution in [0.15, 0.2) is 42.6 Å². The van der Waals surface area contributed by atoms with Crippen LogP contribution in [-0.4, -0.2) is 23.5 Å². The molecule has 1 atom stereocenters. The van der Waals surface area contributed by atoms with Crippen LogP contribution < -0.4 is 15.4 Å². The summed E-state index contributed by atoms with van der Waals surface area (Å²) in [5.74, 6) is 0.622. The number of nitrogens with zero attached hydrogens (tertiary/aromatic N) is 1. The van der Waals surface area contributed by atoms with E-state index in [1.165, 1.54) is 12.1 Å². The van der Waals surface area contributed by atoms with Gasteiger partial charge in [0.15, 0.2) is 0 Å². The maximum Gasteiger partial charge on any atom is 0.237 e. The van der Waals surface area contributed by atoms with Crippen molar-refractivity contribution < 1.29 is 13.9 Å². The number of carbonyl (C=O) groups excluding carboxylic acids is 1. The molecule has 0 saturated carbocycles. The van der Waals surface area contributed by atoms with E-state index in [0.29, 0.717) is 18.2 Å². The number of halogens is 3. The molecule has 0 spiro atoms. The zero-order valence-corrected chi connectivity index (χ0v) is 15.7. The van der Waals surface area contributed by atoms with Gasteiger partial charge in [-0.05, 0) is 55.3 Å². The fraction of sp³-hybridized carbons (Fsp3) is 0.333. The Morgan fingerprint density at radius 2 is 2.00 bits per heavy atom. The van der Waals surface area contributed by atoms with Crippen molar-refractivity contribution in [3.63, 3.8) is 0 Å². The van der Waals surface area contributed by atoms with Crippen molar-refractivity contribution in [2.24, 2.45) is 0 Å². The molecule has 0 aliphatic carbocycles. The number of ether oxygens (including phenoxy) is 1. The fourth-order valence-corrected chi connectivity index (χ4v) is 2.63. The number of aromatic nitrogens is 1. The molecule has 2 N–H and O–H groups in total. The molecule has 26 heavy (non-hydrogen) atoms. The SMILES string of the molecule is Cl.Cl.O=C(NCc1ccnc(Oc2ccc(F)cc2)c1)[C@H]1CCCCN1. The lowest BCUT2D eigenvalue weighted by atomic mass is 10.0. The third-order valence-corrected chi connectivity index (χ3v) is 3.93. The summed E-state index contributed by atoms with van der Waals surface area (Å²) in [6, 6.07) is 9.23. The molecular formula is C18H22Cl2FN3O2. The van der Waals surface area contributed by atoms with Crippen LogP contribution in [0.2, 0.25) is 0 Å². The number of hydrogen-bond acceptors (Lipinski definition) is 4. The van der Waals surface area contributed by atoms with Crippen molar-refractivity contribution in [3.05, 3.63) is 54.0 Å². The fourth-order valence-electron chi connectivity index (χ4n) is 2.63. The summed E-state index contributed by atoms with van der Waals surface area (Å²) in [7, 11) is 0. The van der Waals surface area contributed by atoms with E-state index in [9.17, 15) is 9.18 Å². The first-order chi connectivity index (χ1) is 11.7. The van der Waals surface area contributed by atoms with E-state index in [1.54, 1.807) is 24.4 Å². The maximum atomic E-state index is 12.9. The highest BCUT2D eigenvalue weighted by Crippen LogP contribution is 2.20. The van der Waals surface area contributed by atoms with Crippen LogP contribution in [0.25, 0.3) is 0 Å². The Bertz CT molecular complexity index is 695. The summed E-state index contributed by atoms with van der Waals surface area (Å²) in [5.41, 5.74) is 0.895. The van der Waals surface area contributed by atoms with Gasteiger partial charge in [0, 0.05) is 18.8 Å². The van der Waals surface area contributed by atoms with Crippen LogP contribution in [0.4, 0.5) is 4.39 Å². The molecule has 1 aromatic carbocycles. The molecule has 0 radical (unpaired) electrons. The molecular weight excluding hydrogens is 380 g/mol. The molecule has 1 amide bonds. The average molecular weight is 402 g/mol. The van der Waals surface area contributed by atoms with Gasteiger partial charge in [-0.1, -0.05) is 6.42 Å². The van der Waals surface area contributed by atoms with Gasteiger partial charge in [0.05, 0.1) is 6.04 Å². The second kappa shape index (κ2) is 11.0. The lowest BCUT2D eigenvalue weighted by Gasteiger charge is -2.22. The van der Waals surface area contributed by atoms with Crippen LogP contribution in [-0.2, 0) is 11.3 Å². The van der Waals surface area contributed by atoms with E-state index in [-0.39, 0.29) is 42.6 Å². The van der Waals surface area contributed by atoms with E-state index in [4.69, 9.17) is 4.74 Å². The van der Waals surface area contributed by atoms with E-state index >= 15 is 0 Å². The summed E-state index contributed by atoms with van der Waals surface area (Å²) >= 11 is 0. The van der Waals surface area contributed by atoms with Crippen molar-refractivity contribution >= 4 is 30.7 Å². The summed E-state index contributed by atoms with van der Waals surface area (Å²) in [4.78, 5) is 16.3. The third-order valence-electron chi connectivity index (χ3n) is 3.93. The summed E-state index contributed by atoms with van der Waals surface area (Å²) < 4.78 is 18.5.